The second-order valence-corrected chi connectivity index (χ2v) is 11.4. The van der Waals surface area contributed by atoms with E-state index in [-0.39, 0.29) is 30.0 Å². The van der Waals surface area contributed by atoms with Crippen LogP contribution in [0.3, 0.4) is 0 Å². The van der Waals surface area contributed by atoms with Crippen LogP contribution in [-0.2, 0) is 19.2 Å². The number of carbonyl (C=O) groups is 4. The van der Waals surface area contributed by atoms with Crippen LogP contribution in [0, 0.1) is 29.6 Å². The number of benzene rings is 1. The van der Waals surface area contributed by atoms with Gasteiger partial charge >= 0.3 is 5.97 Å². The summed E-state index contributed by atoms with van der Waals surface area (Å²) in [4.78, 5) is 51.3. The summed E-state index contributed by atoms with van der Waals surface area (Å²) in [5.41, 5.74) is 0.839. The van der Waals surface area contributed by atoms with E-state index in [0.717, 1.165) is 38.5 Å². The first kappa shape index (κ1) is 24.7. The number of rotatable bonds is 10. The molecule has 7 heteroatoms. The Hall–Kier alpha value is -2.96. The van der Waals surface area contributed by atoms with Gasteiger partial charge in [0.05, 0.1) is 6.42 Å². The quantitative estimate of drug-likeness (QED) is 0.340. The third-order valence-electron chi connectivity index (χ3n) is 8.98. The predicted molar refractivity (Wildman–Crippen MR) is 135 cm³/mol. The first-order valence-electron chi connectivity index (χ1n) is 13.5. The Labute approximate surface area is 212 Å². The predicted octanol–water partition coefficient (Wildman–Crippen LogP) is 3.73. The largest absolute Gasteiger partial charge is 0.481 e. The van der Waals surface area contributed by atoms with Gasteiger partial charge in [0, 0.05) is 24.1 Å². The molecule has 0 aromatic heterocycles. The fourth-order valence-electron chi connectivity index (χ4n) is 7.20. The average molecular weight is 493 g/mol. The number of hydrogen-bond acceptors (Lipinski definition) is 4. The van der Waals surface area contributed by atoms with Gasteiger partial charge in [0.25, 0.3) is 0 Å². The van der Waals surface area contributed by atoms with Gasteiger partial charge in [-0.1, -0.05) is 43.2 Å². The molecule has 4 aliphatic carbocycles. The zero-order valence-corrected chi connectivity index (χ0v) is 20.7. The van der Waals surface area contributed by atoms with E-state index in [4.69, 9.17) is 0 Å². The molecule has 0 radical (unpaired) electrons. The lowest BCUT2D eigenvalue weighted by Gasteiger charge is -2.24. The van der Waals surface area contributed by atoms with E-state index in [1.54, 1.807) is 18.2 Å². The SMILES string of the molecule is O=C(C/C(=C\c1ccccc1)C(=O)C(CC(=O)NC1CC2CCC1C2)C(=O)O)NC1CC2CCC1C2. The molecule has 4 fully saturated rings. The highest BCUT2D eigenvalue weighted by Gasteiger charge is 2.42. The maximum absolute atomic E-state index is 13.5. The van der Waals surface area contributed by atoms with E-state index in [1.807, 2.05) is 18.2 Å². The molecule has 0 spiro atoms. The van der Waals surface area contributed by atoms with Gasteiger partial charge in [0.2, 0.25) is 11.8 Å². The van der Waals surface area contributed by atoms with E-state index in [2.05, 4.69) is 10.6 Å². The lowest BCUT2D eigenvalue weighted by atomic mass is 9.90. The number of fused-ring (bicyclic) bond motifs is 4. The molecule has 4 aliphatic rings. The molecular weight excluding hydrogens is 456 g/mol. The first-order valence-corrected chi connectivity index (χ1v) is 13.5. The third-order valence-corrected chi connectivity index (χ3v) is 8.98. The molecule has 4 saturated carbocycles. The number of amides is 2. The molecule has 3 N–H and O–H groups in total. The zero-order valence-electron chi connectivity index (χ0n) is 20.7. The summed E-state index contributed by atoms with van der Waals surface area (Å²) in [5, 5.41) is 16.0. The van der Waals surface area contributed by atoms with Crippen molar-refractivity contribution in [1.82, 2.24) is 10.6 Å². The van der Waals surface area contributed by atoms with Gasteiger partial charge in [-0.05, 0) is 73.8 Å². The summed E-state index contributed by atoms with van der Waals surface area (Å²) >= 11 is 0. The molecule has 36 heavy (non-hydrogen) atoms. The highest BCUT2D eigenvalue weighted by Crippen LogP contribution is 2.45. The second kappa shape index (κ2) is 10.6. The van der Waals surface area contributed by atoms with E-state index in [1.165, 1.54) is 12.8 Å². The summed E-state index contributed by atoms with van der Waals surface area (Å²) < 4.78 is 0. The third kappa shape index (κ3) is 5.55. The Morgan fingerprint density at radius 2 is 1.42 bits per heavy atom. The number of nitrogens with one attached hydrogen (secondary N) is 2. The van der Waals surface area contributed by atoms with Gasteiger partial charge in [-0.2, -0.15) is 0 Å². The molecule has 7 nitrogen and oxygen atoms in total. The molecule has 0 saturated heterocycles. The zero-order chi connectivity index (χ0) is 25.2. The molecule has 0 aliphatic heterocycles. The van der Waals surface area contributed by atoms with Crippen LogP contribution in [0.15, 0.2) is 35.9 Å². The van der Waals surface area contributed by atoms with E-state index in [0.29, 0.717) is 29.2 Å². The monoisotopic (exact) mass is 492 g/mol. The van der Waals surface area contributed by atoms with Crippen LogP contribution in [0.4, 0.5) is 0 Å². The molecule has 4 bridgehead atoms. The molecule has 192 valence electrons. The van der Waals surface area contributed by atoms with Crippen molar-refractivity contribution in [2.75, 3.05) is 0 Å². The minimum atomic E-state index is -1.52. The normalized spacial score (nSPS) is 31.3. The minimum Gasteiger partial charge on any atom is -0.481 e. The van der Waals surface area contributed by atoms with Crippen LogP contribution in [-0.4, -0.2) is 40.8 Å². The van der Waals surface area contributed by atoms with Gasteiger partial charge in [0.15, 0.2) is 5.78 Å². The summed E-state index contributed by atoms with van der Waals surface area (Å²) in [5.74, 6) is -1.92. The average Bonchev–Trinajstić information content (AvgIpc) is 3.65. The van der Waals surface area contributed by atoms with Crippen LogP contribution >= 0.6 is 0 Å². The number of carboxylic acid groups (broad SMARTS) is 1. The fourth-order valence-corrected chi connectivity index (χ4v) is 7.20. The van der Waals surface area contributed by atoms with E-state index in [9.17, 15) is 24.3 Å². The molecule has 7 atom stereocenters. The van der Waals surface area contributed by atoms with Gasteiger partial charge in [-0.25, -0.2) is 0 Å². The number of carbonyl (C=O) groups excluding carboxylic acids is 3. The smallest absolute Gasteiger partial charge is 0.314 e. The van der Waals surface area contributed by atoms with Gasteiger partial charge < -0.3 is 15.7 Å². The Kier molecular flexibility index (Phi) is 7.26. The van der Waals surface area contributed by atoms with Crippen LogP contribution in [0.25, 0.3) is 6.08 Å². The number of carboxylic acids is 1. The van der Waals surface area contributed by atoms with E-state index < -0.39 is 30.0 Å². The highest BCUT2D eigenvalue weighted by atomic mass is 16.4. The van der Waals surface area contributed by atoms with Crippen LogP contribution in [0.5, 0.6) is 0 Å². The summed E-state index contributed by atoms with van der Waals surface area (Å²) in [6.45, 7) is 0. The summed E-state index contributed by atoms with van der Waals surface area (Å²) in [6.07, 6.45) is 9.80. The van der Waals surface area contributed by atoms with Crippen LogP contribution in [0.1, 0.15) is 69.8 Å². The molecule has 2 amide bonds. The Morgan fingerprint density at radius 1 is 0.833 bits per heavy atom. The lowest BCUT2D eigenvalue weighted by Crippen LogP contribution is -2.41. The number of hydrogen-bond donors (Lipinski definition) is 3. The maximum Gasteiger partial charge on any atom is 0.314 e. The first-order chi connectivity index (χ1) is 17.4. The molecule has 1 aromatic carbocycles. The molecule has 1 aromatic rings. The van der Waals surface area contributed by atoms with E-state index >= 15 is 0 Å². The van der Waals surface area contributed by atoms with Crippen molar-refractivity contribution < 1.29 is 24.3 Å². The van der Waals surface area contributed by atoms with Crippen molar-refractivity contribution in [3.8, 4) is 0 Å². The van der Waals surface area contributed by atoms with Crippen molar-refractivity contribution in [2.24, 2.45) is 29.6 Å². The van der Waals surface area contributed by atoms with Gasteiger partial charge in [-0.3, -0.25) is 19.2 Å². The summed E-state index contributed by atoms with van der Waals surface area (Å²) in [7, 11) is 0. The van der Waals surface area contributed by atoms with Crippen molar-refractivity contribution in [3.05, 3.63) is 41.5 Å². The minimum absolute atomic E-state index is 0.0765. The van der Waals surface area contributed by atoms with Crippen molar-refractivity contribution in [1.29, 1.82) is 0 Å². The Morgan fingerprint density at radius 3 is 1.92 bits per heavy atom. The summed E-state index contributed by atoms with van der Waals surface area (Å²) in [6, 6.07) is 9.30. The second-order valence-electron chi connectivity index (χ2n) is 11.4. The van der Waals surface area contributed by atoms with Gasteiger partial charge in [0.1, 0.15) is 5.92 Å². The topological polar surface area (TPSA) is 113 Å². The standard InChI is InChI=1S/C29H36N2O5/c32-26(30-24-13-18-6-8-20(24)11-18)15-22(10-17-4-2-1-3-5-17)28(34)23(29(35)36)16-27(33)31-25-14-19-7-9-21(25)12-19/h1-5,10,18-21,23-25H,6-9,11-16H2,(H,30,32)(H,31,33)(H,35,36)/b22-10+. The van der Waals surface area contributed by atoms with Crippen molar-refractivity contribution in [3.63, 3.8) is 0 Å². The number of ketones is 1. The van der Waals surface area contributed by atoms with Gasteiger partial charge in [-0.15, -0.1) is 0 Å². The number of aliphatic carboxylic acids is 1. The van der Waals surface area contributed by atoms with Crippen molar-refractivity contribution in [2.45, 2.75) is 76.3 Å². The fraction of sp³-hybridized carbons (Fsp3) is 0.586. The Bertz CT molecular complexity index is 1050. The van der Waals surface area contributed by atoms with Crippen LogP contribution < -0.4 is 10.6 Å². The lowest BCUT2D eigenvalue weighted by molar-refractivity contribution is -0.148. The Balaban J connectivity index is 1.28. The molecule has 5 rings (SSSR count). The molecule has 0 heterocycles. The molecule has 7 unspecified atom stereocenters. The maximum atomic E-state index is 13.5. The number of Topliss-reactive ketones (excluding diaryl/α,β-unsaturated/α-hetero) is 1. The highest BCUT2D eigenvalue weighted by molar-refractivity contribution is 6.13. The van der Waals surface area contributed by atoms with Crippen molar-refractivity contribution >= 4 is 29.6 Å². The van der Waals surface area contributed by atoms with Crippen LogP contribution in [0.2, 0.25) is 0 Å². The molecular formula is C29H36N2O5.